The molecule has 6 nitrogen and oxygen atoms in total. The summed E-state index contributed by atoms with van der Waals surface area (Å²) < 4.78 is 0. The monoisotopic (exact) mass is 334 g/mol. The molecule has 7 heteroatoms. The van der Waals surface area contributed by atoms with Crippen LogP contribution < -0.4 is 16.2 Å². The van der Waals surface area contributed by atoms with E-state index in [9.17, 15) is 9.59 Å². The Hall–Kier alpha value is -1.99. The molecule has 1 aromatic rings. The molecule has 0 spiro atoms. The fraction of sp³-hybridized carbons (Fsp3) is 0.438. The Morgan fingerprint density at radius 1 is 1.04 bits per heavy atom. The molecule has 1 heterocycles. The van der Waals surface area contributed by atoms with E-state index in [1.165, 1.54) is 19.3 Å². The molecule has 124 valence electrons. The third-order valence-electron chi connectivity index (χ3n) is 3.68. The number of benzene rings is 1. The molecule has 2 amide bonds. The second-order valence-electron chi connectivity index (χ2n) is 5.47. The molecule has 1 saturated heterocycles. The lowest BCUT2D eigenvalue weighted by molar-refractivity contribution is -0.122. The van der Waals surface area contributed by atoms with Crippen molar-refractivity contribution in [3.63, 3.8) is 0 Å². The van der Waals surface area contributed by atoms with Gasteiger partial charge in [-0.25, -0.2) is 0 Å². The Morgan fingerprint density at radius 3 is 2.43 bits per heavy atom. The number of hydrogen-bond donors (Lipinski definition) is 3. The zero-order chi connectivity index (χ0) is 16.5. The number of hydrogen-bond acceptors (Lipinski definition) is 4. The number of carbonyl (C=O) groups is 2. The van der Waals surface area contributed by atoms with Crippen LogP contribution in [0.25, 0.3) is 0 Å². The molecule has 1 aromatic carbocycles. The lowest BCUT2D eigenvalue weighted by Crippen LogP contribution is -2.49. The Bertz CT molecular complexity index is 544. The number of rotatable bonds is 4. The van der Waals surface area contributed by atoms with Crippen molar-refractivity contribution in [3.05, 3.63) is 35.9 Å². The topological polar surface area (TPSA) is 73.5 Å². The average molecular weight is 334 g/mol. The van der Waals surface area contributed by atoms with Gasteiger partial charge in [0.25, 0.3) is 5.91 Å². The molecule has 23 heavy (non-hydrogen) atoms. The number of piperidine rings is 1. The van der Waals surface area contributed by atoms with Crippen LogP contribution >= 0.6 is 12.2 Å². The molecule has 0 aromatic heterocycles. The van der Waals surface area contributed by atoms with E-state index in [1.54, 1.807) is 24.3 Å². The largest absolute Gasteiger partial charge is 0.303 e. The molecule has 2 rings (SSSR count). The number of thiocarbonyl (C=S) groups is 1. The SMILES string of the molecule is O=C(CCN1CCCCC1)NNC(=S)NC(=O)c1ccccc1. The molecule has 1 fully saturated rings. The second kappa shape index (κ2) is 9.22. The first-order valence-corrected chi connectivity index (χ1v) is 8.23. The van der Waals surface area contributed by atoms with Crippen LogP contribution in [-0.4, -0.2) is 41.5 Å². The molecule has 0 radical (unpaired) electrons. The Labute approximate surface area is 141 Å². The van der Waals surface area contributed by atoms with E-state index in [-0.39, 0.29) is 16.9 Å². The first-order chi connectivity index (χ1) is 11.1. The summed E-state index contributed by atoms with van der Waals surface area (Å²) in [5.41, 5.74) is 5.57. The van der Waals surface area contributed by atoms with Crippen LogP contribution in [0.5, 0.6) is 0 Å². The van der Waals surface area contributed by atoms with Gasteiger partial charge >= 0.3 is 0 Å². The molecular formula is C16H22N4O2S. The predicted octanol–water partition coefficient (Wildman–Crippen LogP) is 1.20. The summed E-state index contributed by atoms with van der Waals surface area (Å²) in [5.74, 6) is -0.461. The first kappa shape index (κ1) is 17.4. The second-order valence-corrected chi connectivity index (χ2v) is 5.88. The number of hydrazine groups is 1. The molecule has 0 aliphatic carbocycles. The summed E-state index contributed by atoms with van der Waals surface area (Å²) in [6, 6.07) is 8.75. The highest BCUT2D eigenvalue weighted by Crippen LogP contribution is 2.08. The third kappa shape index (κ3) is 6.33. The van der Waals surface area contributed by atoms with Crippen molar-refractivity contribution in [3.8, 4) is 0 Å². The zero-order valence-corrected chi connectivity index (χ0v) is 13.8. The van der Waals surface area contributed by atoms with Crippen molar-refractivity contribution in [1.82, 2.24) is 21.1 Å². The van der Waals surface area contributed by atoms with Gasteiger partial charge in [0.15, 0.2) is 5.11 Å². The summed E-state index contributed by atoms with van der Waals surface area (Å²) in [5, 5.41) is 2.59. The van der Waals surface area contributed by atoms with Crippen LogP contribution in [-0.2, 0) is 4.79 Å². The van der Waals surface area contributed by atoms with Gasteiger partial charge in [-0.3, -0.25) is 25.8 Å². The fourth-order valence-corrected chi connectivity index (χ4v) is 2.57. The standard InChI is InChI=1S/C16H22N4O2S/c21-14(9-12-20-10-5-2-6-11-20)18-19-16(23)17-15(22)13-7-3-1-4-8-13/h1,3-4,7-8H,2,5-6,9-12H2,(H,18,21)(H2,17,19,22,23). The molecule has 3 N–H and O–H groups in total. The molecule has 0 unspecified atom stereocenters. The predicted molar refractivity (Wildman–Crippen MR) is 92.7 cm³/mol. The van der Waals surface area contributed by atoms with E-state index in [4.69, 9.17) is 12.2 Å². The number of amides is 2. The van der Waals surface area contributed by atoms with Crippen molar-refractivity contribution in [1.29, 1.82) is 0 Å². The highest BCUT2D eigenvalue weighted by atomic mass is 32.1. The number of carbonyl (C=O) groups excluding carboxylic acids is 2. The zero-order valence-electron chi connectivity index (χ0n) is 13.0. The van der Waals surface area contributed by atoms with Gasteiger partial charge in [-0.15, -0.1) is 0 Å². The van der Waals surface area contributed by atoms with Gasteiger partial charge in [-0.1, -0.05) is 24.6 Å². The normalized spacial score (nSPS) is 14.8. The minimum atomic E-state index is -0.314. The number of nitrogens with one attached hydrogen (secondary N) is 3. The molecule has 0 saturated carbocycles. The summed E-state index contributed by atoms with van der Waals surface area (Å²) in [6.45, 7) is 2.87. The van der Waals surface area contributed by atoms with Gasteiger partial charge in [0.05, 0.1) is 0 Å². The molecular weight excluding hydrogens is 312 g/mol. The average Bonchev–Trinajstić information content (AvgIpc) is 2.60. The number of nitrogens with zero attached hydrogens (tertiary/aromatic N) is 1. The van der Waals surface area contributed by atoms with E-state index in [0.29, 0.717) is 12.0 Å². The molecule has 1 aliphatic heterocycles. The van der Waals surface area contributed by atoms with Crippen LogP contribution in [0.15, 0.2) is 30.3 Å². The van der Waals surface area contributed by atoms with Crippen LogP contribution in [0.1, 0.15) is 36.0 Å². The van der Waals surface area contributed by atoms with Crippen molar-refractivity contribution in [2.75, 3.05) is 19.6 Å². The van der Waals surface area contributed by atoms with E-state index >= 15 is 0 Å². The lowest BCUT2D eigenvalue weighted by atomic mass is 10.1. The Balaban J connectivity index is 1.63. The van der Waals surface area contributed by atoms with Gasteiger partial charge in [0, 0.05) is 18.5 Å². The maximum Gasteiger partial charge on any atom is 0.257 e. The Morgan fingerprint density at radius 2 is 1.74 bits per heavy atom. The van der Waals surface area contributed by atoms with Crippen molar-refractivity contribution in [2.45, 2.75) is 25.7 Å². The maximum atomic E-state index is 11.9. The first-order valence-electron chi connectivity index (χ1n) is 7.83. The third-order valence-corrected chi connectivity index (χ3v) is 3.89. The van der Waals surface area contributed by atoms with Crippen LogP contribution in [0.4, 0.5) is 0 Å². The van der Waals surface area contributed by atoms with E-state index in [1.807, 2.05) is 6.07 Å². The van der Waals surface area contributed by atoms with Gasteiger partial charge in [0.2, 0.25) is 5.91 Å². The maximum absolute atomic E-state index is 11.9. The Kier molecular flexibility index (Phi) is 6.96. The van der Waals surface area contributed by atoms with Gasteiger partial charge < -0.3 is 4.90 Å². The van der Waals surface area contributed by atoms with Crippen LogP contribution in [0.2, 0.25) is 0 Å². The summed E-state index contributed by atoms with van der Waals surface area (Å²) in [6.07, 6.45) is 4.09. The summed E-state index contributed by atoms with van der Waals surface area (Å²) in [4.78, 5) is 25.9. The fourth-order valence-electron chi connectivity index (χ4n) is 2.43. The quantitative estimate of drug-likeness (QED) is 0.570. The van der Waals surface area contributed by atoms with E-state index in [2.05, 4.69) is 21.1 Å². The smallest absolute Gasteiger partial charge is 0.257 e. The molecule has 0 bridgehead atoms. The molecule has 1 aliphatic rings. The van der Waals surface area contributed by atoms with Crippen LogP contribution in [0, 0.1) is 0 Å². The van der Waals surface area contributed by atoms with Crippen molar-refractivity contribution < 1.29 is 9.59 Å². The highest BCUT2D eigenvalue weighted by Gasteiger charge is 2.12. The van der Waals surface area contributed by atoms with E-state index < -0.39 is 0 Å². The minimum Gasteiger partial charge on any atom is -0.303 e. The molecule has 0 atom stereocenters. The van der Waals surface area contributed by atoms with Gasteiger partial charge in [0.1, 0.15) is 0 Å². The summed E-state index contributed by atoms with van der Waals surface area (Å²) >= 11 is 4.99. The van der Waals surface area contributed by atoms with Gasteiger partial charge in [-0.05, 0) is 50.3 Å². The number of likely N-dealkylation sites (tertiary alicyclic amines) is 1. The van der Waals surface area contributed by atoms with E-state index in [0.717, 1.165) is 19.6 Å². The van der Waals surface area contributed by atoms with Crippen LogP contribution in [0.3, 0.4) is 0 Å². The highest BCUT2D eigenvalue weighted by molar-refractivity contribution is 7.80. The van der Waals surface area contributed by atoms with Crippen molar-refractivity contribution >= 4 is 29.1 Å². The minimum absolute atomic E-state index is 0.0742. The summed E-state index contributed by atoms with van der Waals surface area (Å²) in [7, 11) is 0. The van der Waals surface area contributed by atoms with Crippen molar-refractivity contribution in [2.24, 2.45) is 0 Å². The van der Waals surface area contributed by atoms with Gasteiger partial charge in [-0.2, -0.15) is 0 Å². The lowest BCUT2D eigenvalue weighted by Gasteiger charge is -2.25.